The molecule has 0 heterocycles. The Morgan fingerprint density at radius 3 is 1.62 bits per heavy atom. The molecule has 0 aromatic rings. The molecule has 2 amide bonds. The van der Waals surface area contributed by atoms with Gasteiger partial charge in [0.2, 0.25) is 11.8 Å². The van der Waals surface area contributed by atoms with Gasteiger partial charge in [-0.05, 0) is 18.8 Å². The van der Waals surface area contributed by atoms with Crippen LogP contribution >= 0.6 is 0 Å². The zero-order valence-electron chi connectivity index (χ0n) is 14.6. The lowest BCUT2D eigenvalue weighted by Crippen LogP contribution is -2.55. The Balaban J connectivity index is 5.11. The van der Waals surface area contributed by atoms with E-state index in [2.05, 4.69) is 10.6 Å². The maximum absolute atomic E-state index is 12.3. The number of amides is 2. The number of carbonyl (C=O) groups is 5. The summed E-state index contributed by atoms with van der Waals surface area (Å²) in [7, 11) is 0. The van der Waals surface area contributed by atoms with E-state index in [0.29, 0.717) is 0 Å². The maximum Gasteiger partial charge on any atom is 0.326 e. The van der Waals surface area contributed by atoms with Crippen LogP contribution in [0, 0.1) is 5.92 Å². The van der Waals surface area contributed by atoms with Crippen LogP contribution in [0.15, 0.2) is 0 Å². The zero-order chi connectivity index (χ0) is 20.4. The SMILES string of the molecule is CC(C)C(N)C(=O)NC(CCC(=O)O)C(=O)NC(CCC(=O)O)C(=O)O. The highest BCUT2D eigenvalue weighted by Gasteiger charge is 2.29. The molecule has 3 atom stereocenters. The number of hydrogen-bond donors (Lipinski definition) is 6. The van der Waals surface area contributed by atoms with Crippen LogP contribution < -0.4 is 16.4 Å². The lowest BCUT2D eigenvalue weighted by atomic mass is 10.0. The quantitative estimate of drug-likeness (QED) is 0.241. The van der Waals surface area contributed by atoms with Crippen molar-refractivity contribution in [1.29, 1.82) is 0 Å². The normalized spacial score (nSPS) is 14.2. The van der Waals surface area contributed by atoms with Gasteiger partial charge in [-0.1, -0.05) is 13.8 Å². The molecule has 0 radical (unpaired) electrons. The Morgan fingerprint density at radius 2 is 1.23 bits per heavy atom. The molecule has 0 bridgehead atoms. The molecule has 3 unspecified atom stereocenters. The van der Waals surface area contributed by atoms with Crippen LogP contribution in [0.3, 0.4) is 0 Å². The number of carboxylic acids is 3. The molecule has 0 aliphatic carbocycles. The summed E-state index contributed by atoms with van der Waals surface area (Å²) in [5.41, 5.74) is 5.68. The van der Waals surface area contributed by atoms with Gasteiger partial charge in [0.05, 0.1) is 6.04 Å². The number of carboxylic acid groups (broad SMARTS) is 3. The van der Waals surface area contributed by atoms with Gasteiger partial charge in [0.1, 0.15) is 12.1 Å². The second kappa shape index (κ2) is 11.0. The van der Waals surface area contributed by atoms with Crippen LogP contribution in [-0.4, -0.2) is 63.2 Å². The summed E-state index contributed by atoms with van der Waals surface area (Å²) in [6.07, 6.45) is -1.56. The number of carbonyl (C=O) groups excluding carboxylic acids is 2. The van der Waals surface area contributed by atoms with Crippen molar-refractivity contribution < 1.29 is 39.3 Å². The minimum Gasteiger partial charge on any atom is -0.481 e. The molecule has 0 fully saturated rings. The van der Waals surface area contributed by atoms with Gasteiger partial charge in [0.25, 0.3) is 0 Å². The fraction of sp³-hybridized carbons (Fsp3) is 0.667. The fourth-order valence-corrected chi connectivity index (χ4v) is 1.90. The Bertz CT molecular complexity index is 549. The van der Waals surface area contributed by atoms with E-state index >= 15 is 0 Å². The fourth-order valence-electron chi connectivity index (χ4n) is 1.90. The molecule has 7 N–H and O–H groups in total. The van der Waals surface area contributed by atoms with Gasteiger partial charge in [-0.3, -0.25) is 19.2 Å². The van der Waals surface area contributed by atoms with Crippen LogP contribution in [0.4, 0.5) is 0 Å². The van der Waals surface area contributed by atoms with E-state index < -0.39 is 60.7 Å². The lowest BCUT2D eigenvalue weighted by Gasteiger charge is -2.23. The second-order valence-corrected chi connectivity index (χ2v) is 6.10. The van der Waals surface area contributed by atoms with E-state index in [1.807, 2.05) is 0 Å². The van der Waals surface area contributed by atoms with Gasteiger partial charge in [-0.25, -0.2) is 4.79 Å². The summed E-state index contributed by atoms with van der Waals surface area (Å²) in [6, 6.07) is -3.73. The molecule has 0 aliphatic rings. The molecule has 0 aromatic carbocycles. The van der Waals surface area contributed by atoms with Gasteiger partial charge in [0.15, 0.2) is 0 Å². The third kappa shape index (κ3) is 8.97. The summed E-state index contributed by atoms with van der Waals surface area (Å²) in [5.74, 6) is -5.71. The number of nitrogens with one attached hydrogen (secondary N) is 2. The molecule has 11 heteroatoms. The molecular weight excluding hydrogens is 350 g/mol. The Labute approximate surface area is 149 Å². The highest BCUT2D eigenvalue weighted by atomic mass is 16.4. The first kappa shape index (κ1) is 23.3. The van der Waals surface area contributed by atoms with Gasteiger partial charge >= 0.3 is 17.9 Å². The van der Waals surface area contributed by atoms with Gasteiger partial charge in [-0.15, -0.1) is 0 Å². The molecule has 0 saturated heterocycles. The Hall–Kier alpha value is -2.69. The third-order valence-corrected chi connectivity index (χ3v) is 3.56. The van der Waals surface area contributed by atoms with E-state index in [4.69, 9.17) is 21.1 Å². The molecule has 0 spiro atoms. The molecule has 0 saturated carbocycles. The summed E-state index contributed by atoms with van der Waals surface area (Å²) >= 11 is 0. The summed E-state index contributed by atoms with van der Waals surface area (Å²) < 4.78 is 0. The molecular formula is C15H25N3O8. The van der Waals surface area contributed by atoms with Crippen molar-refractivity contribution >= 4 is 29.7 Å². The average molecular weight is 375 g/mol. The van der Waals surface area contributed by atoms with Gasteiger partial charge in [0, 0.05) is 12.8 Å². The standard InChI is InChI=1S/C15H25N3O8/c1-7(2)12(16)14(24)17-8(3-5-10(19)20)13(23)18-9(15(25)26)4-6-11(21)22/h7-9,12H,3-6,16H2,1-2H3,(H,17,24)(H,18,23)(H,19,20)(H,21,22)(H,25,26). The average Bonchev–Trinajstić information content (AvgIpc) is 2.53. The van der Waals surface area contributed by atoms with Crippen LogP contribution in [0.2, 0.25) is 0 Å². The number of rotatable bonds is 12. The van der Waals surface area contributed by atoms with Crippen molar-refractivity contribution in [3.8, 4) is 0 Å². The first-order valence-corrected chi connectivity index (χ1v) is 7.98. The van der Waals surface area contributed by atoms with Gasteiger partial charge in [-0.2, -0.15) is 0 Å². The van der Waals surface area contributed by atoms with Crippen molar-refractivity contribution in [2.75, 3.05) is 0 Å². The molecule has 148 valence electrons. The molecule has 0 rings (SSSR count). The number of hydrogen-bond acceptors (Lipinski definition) is 6. The van der Waals surface area contributed by atoms with Gasteiger partial charge < -0.3 is 31.7 Å². The van der Waals surface area contributed by atoms with Crippen molar-refractivity contribution in [3.05, 3.63) is 0 Å². The predicted octanol–water partition coefficient (Wildman–Crippen LogP) is -1.25. The summed E-state index contributed by atoms with van der Waals surface area (Å²) in [6.45, 7) is 3.37. The largest absolute Gasteiger partial charge is 0.481 e. The Morgan fingerprint density at radius 1 is 0.808 bits per heavy atom. The van der Waals surface area contributed by atoms with E-state index in [0.717, 1.165) is 0 Å². The predicted molar refractivity (Wildman–Crippen MR) is 88.1 cm³/mol. The van der Waals surface area contributed by atoms with Crippen molar-refractivity contribution in [1.82, 2.24) is 10.6 Å². The lowest BCUT2D eigenvalue weighted by molar-refractivity contribution is -0.144. The number of aliphatic carboxylic acids is 3. The first-order chi connectivity index (χ1) is 12.0. The van der Waals surface area contributed by atoms with Crippen LogP contribution in [0.25, 0.3) is 0 Å². The van der Waals surface area contributed by atoms with Crippen LogP contribution in [0.5, 0.6) is 0 Å². The van der Waals surface area contributed by atoms with E-state index in [1.54, 1.807) is 13.8 Å². The van der Waals surface area contributed by atoms with E-state index in [-0.39, 0.29) is 18.8 Å². The van der Waals surface area contributed by atoms with Crippen LogP contribution in [0.1, 0.15) is 39.5 Å². The highest BCUT2D eigenvalue weighted by molar-refractivity contribution is 5.92. The molecule has 0 aliphatic heterocycles. The second-order valence-electron chi connectivity index (χ2n) is 6.10. The topological polar surface area (TPSA) is 196 Å². The molecule has 0 aromatic heterocycles. The zero-order valence-corrected chi connectivity index (χ0v) is 14.6. The molecule has 11 nitrogen and oxygen atoms in total. The highest BCUT2D eigenvalue weighted by Crippen LogP contribution is 2.05. The number of nitrogens with two attached hydrogens (primary N) is 1. The van der Waals surface area contributed by atoms with Crippen LogP contribution in [-0.2, 0) is 24.0 Å². The minimum atomic E-state index is -1.48. The summed E-state index contributed by atoms with van der Waals surface area (Å²) in [5, 5.41) is 30.9. The summed E-state index contributed by atoms with van der Waals surface area (Å²) in [4.78, 5) is 56.7. The third-order valence-electron chi connectivity index (χ3n) is 3.56. The van der Waals surface area contributed by atoms with Crippen molar-refractivity contribution in [2.45, 2.75) is 57.7 Å². The maximum atomic E-state index is 12.3. The smallest absolute Gasteiger partial charge is 0.326 e. The van der Waals surface area contributed by atoms with Crippen molar-refractivity contribution in [3.63, 3.8) is 0 Å². The molecule has 26 heavy (non-hydrogen) atoms. The van der Waals surface area contributed by atoms with E-state index in [1.165, 1.54) is 0 Å². The Kier molecular flexibility index (Phi) is 9.89. The monoisotopic (exact) mass is 375 g/mol. The van der Waals surface area contributed by atoms with Crippen molar-refractivity contribution in [2.24, 2.45) is 11.7 Å². The minimum absolute atomic E-state index is 0.236. The first-order valence-electron chi connectivity index (χ1n) is 7.98. The van der Waals surface area contributed by atoms with E-state index in [9.17, 15) is 24.0 Å².